The summed E-state index contributed by atoms with van der Waals surface area (Å²) >= 11 is 0. The molecular weight excluding hydrogens is 268 g/mol. The summed E-state index contributed by atoms with van der Waals surface area (Å²) in [7, 11) is 1.54. The first-order chi connectivity index (χ1) is 10.2. The summed E-state index contributed by atoms with van der Waals surface area (Å²) in [4.78, 5) is 16.2. The van der Waals surface area contributed by atoms with Gasteiger partial charge in [-0.3, -0.25) is 9.78 Å². The minimum absolute atomic E-state index is 0.238. The van der Waals surface area contributed by atoms with Crippen molar-refractivity contribution in [2.45, 2.75) is 0 Å². The number of nitrogens with one attached hydrogen (secondary N) is 1. The lowest BCUT2D eigenvalue weighted by atomic mass is 10.2. The van der Waals surface area contributed by atoms with Crippen molar-refractivity contribution in [3.8, 4) is 17.6 Å². The fourth-order valence-electron chi connectivity index (χ4n) is 1.72. The van der Waals surface area contributed by atoms with Crippen LogP contribution in [0.2, 0.25) is 0 Å². The normalized spacial score (nSPS) is 9.43. The third-order valence-corrected chi connectivity index (χ3v) is 2.67. The SMILES string of the molecule is COc1ccccc1NC(=O)c1cncc(C#CCO)c1. The smallest absolute Gasteiger partial charge is 0.257 e. The molecule has 0 aliphatic rings. The van der Waals surface area contributed by atoms with Crippen LogP contribution in [0.4, 0.5) is 5.69 Å². The number of aliphatic hydroxyl groups is 1. The molecule has 0 aliphatic carbocycles. The molecule has 0 fully saturated rings. The van der Waals surface area contributed by atoms with E-state index in [9.17, 15) is 4.79 Å². The van der Waals surface area contributed by atoms with Crippen LogP contribution in [0.1, 0.15) is 15.9 Å². The average molecular weight is 282 g/mol. The number of carbonyl (C=O) groups is 1. The fraction of sp³-hybridized carbons (Fsp3) is 0.125. The van der Waals surface area contributed by atoms with Gasteiger partial charge < -0.3 is 15.2 Å². The number of carbonyl (C=O) groups excluding carboxylic acids is 1. The van der Waals surface area contributed by atoms with Gasteiger partial charge in [-0.25, -0.2) is 0 Å². The standard InChI is InChI=1S/C16H14N2O3/c1-21-15-7-3-2-6-14(15)18-16(20)13-9-12(5-4-8-19)10-17-11-13/h2-3,6-7,9-11,19H,8H2,1H3,(H,18,20). The van der Waals surface area contributed by atoms with Crippen molar-refractivity contribution < 1.29 is 14.6 Å². The van der Waals surface area contributed by atoms with Crippen molar-refractivity contribution in [3.05, 3.63) is 53.9 Å². The quantitative estimate of drug-likeness (QED) is 0.840. The van der Waals surface area contributed by atoms with E-state index >= 15 is 0 Å². The fourth-order valence-corrected chi connectivity index (χ4v) is 1.72. The molecule has 1 aromatic carbocycles. The molecule has 0 unspecified atom stereocenters. The van der Waals surface area contributed by atoms with E-state index in [4.69, 9.17) is 9.84 Å². The molecular formula is C16H14N2O3. The Hall–Kier alpha value is -2.84. The van der Waals surface area contributed by atoms with Crippen molar-refractivity contribution in [3.63, 3.8) is 0 Å². The zero-order valence-electron chi connectivity index (χ0n) is 11.5. The van der Waals surface area contributed by atoms with Gasteiger partial charge in [-0.05, 0) is 18.2 Å². The van der Waals surface area contributed by atoms with Crippen molar-refractivity contribution in [1.82, 2.24) is 4.98 Å². The predicted octanol–water partition coefficient (Wildman–Crippen LogP) is 1.69. The van der Waals surface area contributed by atoms with E-state index < -0.39 is 0 Å². The number of anilines is 1. The van der Waals surface area contributed by atoms with E-state index in [1.165, 1.54) is 19.5 Å². The van der Waals surface area contributed by atoms with Gasteiger partial charge in [0.25, 0.3) is 5.91 Å². The lowest BCUT2D eigenvalue weighted by Crippen LogP contribution is -2.13. The number of benzene rings is 1. The van der Waals surface area contributed by atoms with E-state index in [1.54, 1.807) is 24.3 Å². The number of aliphatic hydroxyl groups excluding tert-OH is 1. The topological polar surface area (TPSA) is 71.5 Å². The van der Waals surface area contributed by atoms with Crippen LogP contribution in [0, 0.1) is 11.8 Å². The second-order valence-electron chi connectivity index (χ2n) is 4.08. The highest BCUT2D eigenvalue weighted by molar-refractivity contribution is 6.05. The minimum atomic E-state index is -0.306. The first-order valence-corrected chi connectivity index (χ1v) is 6.23. The monoisotopic (exact) mass is 282 g/mol. The molecule has 2 N–H and O–H groups in total. The van der Waals surface area contributed by atoms with E-state index in [0.717, 1.165) is 0 Å². The van der Waals surface area contributed by atoms with Gasteiger partial charge in [0.2, 0.25) is 0 Å². The lowest BCUT2D eigenvalue weighted by molar-refractivity contribution is 0.102. The third kappa shape index (κ3) is 3.81. The Labute approximate surface area is 122 Å². The number of aromatic nitrogens is 1. The molecule has 0 saturated carbocycles. The maximum atomic E-state index is 12.2. The Morgan fingerprint density at radius 3 is 2.95 bits per heavy atom. The Morgan fingerprint density at radius 2 is 2.19 bits per heavy atom. The zero-order chi connectivity index (χ0) is 15.1. The van der Waals surface area contributed by atoms with E-state index in [-0.39, 0.29) is 12.5 Å². The van der Waals surface area contributed by atoms with Crippen LogP contribution in [-0.2, 0) is 0 Å². The number of methoxy groups -OCH3 is 1. The number of rotatable bonds is 3. The summed E-state index contributed by atoms with van der Waals surface area (Å²) in [5, 5.41) is 11.4. The van der Waals surface area contributed by atoms with Gasteiger partial charge in [0, 0.05) is 18.0 Å². The molecule has 0 atom stereocenters. The molecule has 5 heteroatoms. The second kappa shape index (κ2) is 7.08. The summed E-state index contributed by atoms with van der Waals surface area (Å²) in [6, 6.07) is 8.75. The number of hydrogen-bond acceptors (Lipinski definition) is 4. The lowest BCUT2D eigenvalue weighted by Gasteiger charge is -2.09. The van der Waals surface area contributed by atoms with Crippen LogP contribution in [0.3, 0.4) is 0 Å². The van der Waals surface area contributed by atoms with Gasteiger partial charge in [0.15, 0.2) is 0 Å². The molecule has 1 aromatic heterocycles. The maximum Gasteiger partial charge on any atom is 0.257 e. The molecule has 2 aromatic rings. The van der Waals surface area contributed by atoms with Crippen molar-refractivity contribution >= 4 is 11.6 Å². The first-order valence-electron chi connectivity index (χ1n) is 6.23. The van der Waals surface area contributed by atoms with Gasteiger partial charge in [0.1, 0.15) is 12.4 Å². The number of pyridine rings is 1. The molecule has 106 valence electrons. The predicted molar refractivity (Wildman–Crippen MR) is 79.1 cm³/mol. The molecule has 5 nitrogen and oxygen atoms in total. The van der Waals surface area contributed by atoms with Crippen LogP contribution >= 0.6 is 0 Å². The summed E-state index contributed by atoms with van der Waals surface area (Å²) in [5.41, 5.74) is 1.53. The minimum Gasteiger partial charge on any atom is -0.495 e. The van der Waals surface area contributed by atoms with E-state index in [0.29, 0.717) is 22.6 Å². The summed E-state index contributed by atoms with van der Waals surface area (Å²) in [6.07, 6.45) is 2.98. The van der Waals surface area contributed by atoms with Crippen molar-refractivity contribution in [1.29, 1.82) is 0 Å². The zero-order valence-corrected chi connectivity index (χ0v) is 11.5. The molecule has 0 spiro atoms. The maximum absolute atomic E-state index is 12.2. The van der Waals surface area contributed by atoms with Crippen LogP contribution < -0.4 is 10.1 Å². The van der Waals surface area contributed by atoms with Crippen LogP contribution in [-0.4, -0.2) is 29.7 Å². The van der Waals surface area contributed by atoms with E-state index in [2.05, 4.69) is 22.1 Å². The summed E-state index contributed by atoms with van der Waals surface area (Å²) in [5.74, 6) is 5.49. The molecule has 0 radical (unpaired) electrons. The average Bonchev–Trinajstić information content (AvgIpc) is 2.53. The largest absolute Gasteiger partial charge is 0.495 e. The highest BCUT2D eigenvalue weighted by atomic mass is 16.5. The van der Waals surface area contributed by atoms with Gasteiger partial charge >= 0.3 is 0 Å². The Bertz CT molecular complexity index is 702. The van der Waals surface area contributed by atoms with Crippen molar-refractivity contribution in [2.24, 2.45) is 0 Å². The molecule has 0 bridgehead atoms. The number of nitrogens with zero attached hydrogens (tertiary/aromatic N) is 1. The molecule has 1 amide bonds. The molecule has 2 rings (SSSR count). The van der Waals surface area contributed by atoms with Crippen LogP contribution in [0.15, 0.2) is 42.7 Å². The number of para-hydroxylation sites is 2. The second-order valence-corrected chi connectivity index (χ2v) is 4.08. The highest BCUT2D eigenvalue weighted by Gasteiger charge is 2.09. The number of amides is 1. The molecule has 21 heavy (non-hydrogen) atoms. The number of ether oxygens (including phenoxy) is 1. The Balaban J connectivity index is 2.20. The summed E-state index contributed by atoms with van der Waals surface area (Å²) < 4.78 is 5.18. The molecule has 1 heterocycles. The van der Waals surface area contributed by atoms with Gasteiger partial charge in [-0.1, -0.05) is 24.0 Å². The van der Waals surface area contributed by atoms with Gasteiger partial charge in [-0.15, -0.1) is 0 Å². The van der Waals surface area contributed by atoms with Gasteiger partial charge in [-0.2, -0.15) is 0 Å². The van der Waals surface area contributed by atoms with Gasteiger partial charge in [0.05, 0.1) is 18.4 Å². The van der Waals surface area contributed by atoms with Crippen molar-refractivity contribution in [2.75, 3.05) is 19.0 Å². The third-order valence-electron chi connectivity index (χ3n) is 2.67. The highest BCUT2D eigenvalue weighted by Crippen LogP contribution is 2.23. The molecule has 0 aliphatic heterocycles. The number of hydrogen-bond donors (Lipinski definition) is 2. The molecule has 0 saturated heterocycles. The summed E-state index contributed by atoms with van der Waals surface area (Å²) in [6.45, 7) is -0.238. The van der Waals surface area contributed by atoms with Crippen LogP contribution in [0.5, 0.6) is 5.75 Å². The first kappa shape index (κ1) is 14.6. The Morgan fingerprint density at radius 1 is 1.38 bits per heavy atom. The van der Waals surface area contributed by atoms with E-state index in [1.807, 2.05) is 6.07 Å². The van der Waals surface area contributed by atoms with Crippen LogP contribution in [0.25, 0.3) is 0 Å². The Kier molecular flexibility index (Phi) is 4.91.